The number of fused-ring (bicyclic) bond motifs is 1. The van der Waals surface area contributed by atoms with Crippen molar-refractivity contribution >= 4 is 29.1 Å². The summed E-state index contributed by atoms with van der Waals surface area (Å²) >= 11 is 0. The van der Waals surface area contributed by atoms with Gasteiger partial charge in [-0.1, -0.05) is 0 Å². The minimum absolute atomic E-state index is 0. The number of aromatic nitrogens is 2. The predicted octanol–water partition coefficient (Wildman–Crippen LogP) is 0.336. The van der Waals surface area contributed by atoms with Crippen molar-refractivity contribution in [1.82, 2.24) is 10.2 Å². The Kier molecular flexibility index (Phi) is 3.14. The molecule has 2 aromatic rings. The van der Waals surface area contributed by atoms with Gasteiger partial charge >= 0.3 is 5.97 Å². The highest BCUT2D eigenvalue weighted by atomic mass is 35.5. The molecule has 0 radical (unpaired) electrons. The molecule has 2 rings (SSSR count). The van der Waals surface area contributed by atoms with Crippen LogP contribution in [0.2, 0.25) is 0 Å². The van der Waals surface area contributed by atoms with E-state index in [0.29, 0.717) is 0 Å². The Hall–Kier alpha value is -2.08. The van der Waals surface area contributed by atoms with Crippen molar-refractivity contribution in [2.24, 2.45) is 0 Å². The summed E-state index contributed by atoms with van der Waals surface area (Å²) in [6.07, 6.45) is 0. The van der Waals surface area contributed by atoms with Crippen LogP contribution in [0, 0.1) is 0 Å². The lowest BCUT2D eigenvalue weighted by Crippen LogP contribution is -2.19. The van der Waals surface area contributed by atoms with Crippen LogP contribution < -0.4 is 11.1 Å². The van der Waals surface area contributed by atoms with E-state index in [0.717, 1.165) is 0 Å². The molecule has 0 fully saturated rings. The molecule has 0 aliphatic heterocycles. The molecule has 0 amide bonds. The number of H-pyrrole nitrogens is 2. The van der Waals surface area contributed by atoms with E-state index in [1.54, 1.807) is 0 Å². The lowest BCUT2D eigenvalue weighted by Gasteiger charge is -1.97. The van der Waals surface area contributed by atoms with Gasteiger partial charge in [-0.2, -0.15) is 0 Å². The highest BCUT2D eigenvalue weighted by molar-refractivity contribution is 5.93. The summed E-state index contributed by atoms with van der Waals surface area (Å²) in [4.78, 5) is 33.2. The first-order valence-electron chi connectivity index (χ1n) is 4.07. The molecule has 1 aromatic carbocycles. The number of hydrogen-bond acceptors (Lipinski definition) is 3. The van der Waals surface area contributed by atoms with Crippen molar-refractivity contribution in [2.45, 2.75) is 0 Å². The Morgan fingerprint density at radius 3 is 2.19 bits per heavy atom. The zero-order chi connectivity index (χ0) is 11.0. The minimum Gasteiger partial charge on any atom is -0.478 e. The summed E-state index contributed by atoms with van der Waals surface area (Å²) < 4.78 is 0. The average Bonchev–Trinajstić information content (AvgIpc) is 2.23. The van der Waals surface area contributed by atoms with E-state index < -0.39 is 17.1 Å². The Labute approximate surface area is 94.3 Å². The van der Waals surface area contributed by atoms with Crippen LogP contribution >= 0.6 is 12.4 Å². The zero-order valence-electron chi connectivity index (χ0n) is 7.81. The van der Waals surface area contributed by atoms with Crippen molar-refractivity contribution < 1.29 is 9.90 Å². The van der Waals surface area contributed by atoms with Crippen LogP contribution in [0.25, 0.3) is 10.8 Å². The number of carbonyl (C=O) groups is 1. The highest BCUT2D eigenvalue weighted by Gasteiger charge is 2.07. The normalized spacial score (nSPS) is 9.75. The van der Waals surface area contributed by atoms with Gasteiger partial charge in [0.1, 0.15) is 0 Å². The second kappa shape index (κ2) is 4.19. The molecule has 0 aliphatic carbocycles. The number of carboxylic acid groups (broad SMARTS) is 1. The van der Waals surface area contributed by atoms with Gasteiger partial charge in [0, 0.05) is 0 Å². The number of aromatic amines is 2. The molecule has 6 nitrogen and oxygen atoms in total. The molecule has 0 bridgehead atoms. The summed E-state index contributed by atoms with van der Waals surface area (Å²) in [7, 11) is 0. The average molecular weight is 243 g/mol. The van der Waals surface area contributed by atoms with Crippen LogP contribution in [-0.4, -0.2) is 21.3 Å². The smallest absolute Gasteiger partial charge is 0.335 e. The van der Waals surface area contributed by atoms with Crippen LogP contribution in [0.1, 0.15) is 10.4 Å². The second-order valence-electron chi connectivity index (χ2n) is 2.97. The maximum Gasteiger partial charge on any atom is 0.335 e. The van der Waals surface area contributed by atoms with Gasteiger partial charge in [0.05, 0.1) is 16.3 Å². The predicted molar refractivity (Wildman–Crippen MR) is 59.4 cm³/mol. The van der Waals surface area contributed by atoms with Gasteiger partial charge in [-0.05, 0) is 18.2 Å². The molecule has 0 aliphatic rings. The van der Waals surface area contributed by atoms with Crippen LogP contribution in [0.4, 0.5) is 0 Å². The number of hydrogen-bond donors (Lipinski definition) is 3. The van der Waals surface area contributed by atoms with Gasteiger partial charge < -0.3 is 5.11 Å². The number of benzene rings is 1. The third-order valence-electron chi connectivity index (χ3n) is 2.05. The molecule has 84 valence electrons. The third kappa shape index (κ3) is 1.82. The van der Waals surface area contributed by atoms with Crippen molar-refractivity contribution in [3.05, 3.63) is 44.5 Å². The number of rotatable bonds is 1. The Balaban J connectivity index is 0.00000128. The molecule has 0 saturated heterocycles. The molecule has 0 unspecified atom stereocenters. The number of halogens is 1. The van der Waals surface area contributed by atoms with Crippen LogP contribution in [0.3, 0.4) is 0 Å². The lowest BCUT2D eigenvalue weighted by atomic mass is 10.1. The first-order valence-corrected chi connectivity index (χ1v) is 4.07. The fraction of sp³-hybridized carbons (Fsp3) is 0. The molecule has 0 atom stereocenters. The molecule has 7 heteroatoms. The van der Waals surface area contributed by atoms with Gasteiger partial charge in [0.2, 0.25) is 0 Å². The van der Waals surface area contributed by atoms with Crippen molar-refractivity contribution in [2.75, 3.05) is 0 Å². The van der Waals surface area contributed by atoms with Crippen molar-refractivity contribution in [3.8, 4) is 0 Å². The summed E-state index contributed by atoms with van der Waals surface area (Å²) in [5, 5.41) is 13.2. The molecule has 0 saturated carbocycles. The monoisotopic (exact) mass is 242 g/mol. The molecule has 0 spiro atoms. The highest BCUT2D eigenvalue weighted by Crippen LogP contribution is 2.07. The molecule has 1 heterocycles. The Bertz CT molecular complexity index is 658. The first kappa shape index (κ1) is 12.0. The molecular weight excluding hydrogens is 236 g/mol. The number of nitrogens with one attached hydrogen (secondary N) is 2. The fourth-order valence-electron chi connectivity index (χ4n) is 1.31. The van der Waals surface area contributed by atoms with Gasteiger partial charge in [-0.25, -0.2) is 4.79 Å². The largest absolute Gasteiger partial charge is 0.478 e. The summed E-state index contributed by atoms with van der Waals surface area (Å²) in [6, 6.07) is 3.76. The Morgan fingerprint density at radius 2 is 1.62 bits per heavy atom. The number of aromatic carboxylic acids is 1. The van der Waals surface area contributed by atoms with E-state index in [-0.39, 0.29) is 28.7 Å². The zero-order valence-corrected chi connectivity index (χ0v) is 8.63. The van der Waals surface area contributed by atoms with Gasteiger partial charge in [-0.3, -0.25) is 19.8 Å². The number of carboxylic acids is 1. The molecular formula is C9H7ClN2O4. The quantitative estimate of drug-likeness (QED) is 0.671. The van der Waals surface area contributed by atoms with Crippen molar-refractivity contribution in [3.63, 3.8) is 0 Å². The van der Waals surface area contributed by atoms with Gasteiger partial charge in [0.25, 0.3) is 11.1 Å². The van der Waals surface area contributed by atoms with Gasteiger partial charge in [0.15, 0.2) is 0 Å². The maximum absolute atomic E-state index is 11.3. The topological polar surface area (TPSA) is 103 Å². The third-order valence-corrected chi connectivity index (χ3v) is 2.05. The standard InChI is InChI=1S/C9H6N2O4.ClH/c12-7-5-2-1-4(9(14)15)3-6(5)8(13)11-10-7;/h1-3H,(H,10,12)(H,11,13)(H,14,15);1H. The fourth-order valence-corrected chi connectivity index (χ4v) is 1.31. The van der Waals surface area contributed by atoms with Crippen molar-refractivity contribution in [1.29, 1.82) is 0 Å². The summed E-state index contributed by atoms with van der Waals surface area (Å²) in [5.74, 6) is -1.14. The minimum atomic E-state index is -1.14. The molecule has 16 heavy (non-hydrogen) atoms. The lowest BCUT2D eigenvalue weighted by molar-refractivity contribution is 0.0697. The van der Waals surface area contributed by atoms with E-state index in [1.807, 2.05) is 0 Å². The van der Waals surface area contributed by atoms with Gasteiger partial charge in [-0.15, -0.1) is 12.4 Å². The SMILES string of the molecule is Cl.O=C(O)c1ccc2c(=O)[nH][nH]c(=O)c2c1. The van der Waals surface area contributed by atoms with E-state index in [2.05, 4.69) is 10.2 Å². The second-order valence-corrected chi connectivity index (χ2v) is 2.97. The van der Waals surface area contributed by atoms with E-state index in [9.17, 15) is 14.4 Å². The van der Waals surface area contributed by atoms with Crippen LogP contribution in [-0.2, 0) is 0 Å². The molecule has 3 N–H and O–H groups in total. The summed E-state index contributed by atoms with van der Waals surface area (Å²) in [6.45, 7) is 0. The molecule has 1 aromatic heterocycles. The van der Waals surface area contributed by atoms with E-state index >= 15 is 0 Å². The Morgan fingerprint density at radius 1 is 1.06 bits per heavy atom. The van der Waals surface area contributed by atoms with Crippen LogP contribution in [0.15, 0.2) is 27.8 Å². The van der Waals surface area contributed by atoms with E-state index in [4.69, 9.17) is 5.11 Å². The van der Waals surface area contributed by atoms with Crippen LogP contribution in [0.5, 0.6) is 0 Å². The summed E-state index contributed by atoms with van der Waals surface area (Å²) in [5.41, 5.74) is -1.01. The van der Waals surface area contributed by atoms with E-state index in [1.165, 1.54) is 18.2 Å². The maximum atomic E-state index is 11.3. The first-order chi connectivity index (χ1) is 7.09.